The Kier molecular flexibility index (Phi) is 11.4. The molecule has 1 amide bonds. The molecule has 0 radical (unpaired) electrons. The van der Waals surface area contributed by atoms with Gasteiger partial charge in [-0.2, -0.15) is 0 Å². The van der Waals surface area contributed by atoms with E-state index in [1.807, 2.05) is 16.9 Å². The molecule has 2 aliphatic rings. The second-order valence-corrected chi connectivity index (χ2v) is 12.0. The van der Waals surface area contributed by atoms with Crippen molar-refractivity contribution in [1.29, 1.82) is 0 Å². The van der Waals surface area contributed by atoms with E-state index in [4.69, 9.17) is 10.5 Å². The predicted octanol–water partition coefficient (Wildman–Crippen LogP) is 4.89. The van der Waals surface area contributed by atoms with Gasteiger partial charge < -0.3 is 10.5 Å². The number of alkyl halides is 1. The molecule has 1 heterocycles. The first-order valence-electron chi connectivity index (χ1n) is 13.4. The van der Waals surface area contributed by atoms with E-state index in [9.17, 15) is 30.8 Å². The van der Waals surface area contributed by atoms with E-state index >= 15 is 0 Å². The number of aryl methyl sites for hydroxylation is 1. The summed E-state index contributed by atoms with van der Waals surface area (Å²) in [7, 11) is -3.10. The summed E-state index contributed by atoms with van der Waals surface area (Å²) in [4.78, 5) is 13.8. The number of nitrogens with two attached hydrogens (primary N) is 1. The first-order chi connectivity index (χ1) is 19.0. The summed E-state index contributed by atoms with van der Waals surface area (Å²) in [5.41, 5.74) is 4.27. The van der Waals surface area contributed by atoms with Gasteiger partial charge in [-0.05, 0) is 68.5 Å². The highest BCUT2D eigenvalue weighted by atomic mass is 32.2. The van der Waals surface area contributed by atoms with Crippen molar-refractivity contribution >= 4 is 21.6 Å². The highest BCUT2D eigenvalue weighted by molar-refractivity contribution is 7.90. The molecule has 1 aliphatic heterocycles. The van der Waals surface area contributed by atoms with Gasteiger partial charge in [0.15, 0.2) is 0 Å². The lowest BCUT2D eigenvalue weighted by molar-refractivity contribution is -0.145. The van der Waals surface area contributed by atoms with E-state index in [2.05, 4.69) is 4.90 Å². The second-order valence-electron chi connectivity index (χ2n) is 10.3. The molecule has 12 heteroatoms. The fourth-order valence-electron chi connectivity index (χ4n) is 4.82. The zero-order valence-electron chi connectivity index (χ0n) is 22.6. The molecule has 2 aromatic rings. The molecule has 222 valence electrons. The molecule has 40 heavy (non-hydrogen) atoms. The largest absolute Gasteiger partial charge is 0.394 e. The molecule has 0 atom stereocenters. The number of benzene rings is 2. The van der Waals surface area contributed by atoms with Crippen molar-refractivity contribution in [2.75, 3.05) is 32.5 Å². The molecule has 7 nitrogen and oxygen atoms in total. The number of sulfonamides is 1. The van der Waals surface area contributed by atoms with Gasteiger partial charge in [0.25, 0.3) is 15.9 Å². The summed E-state index contributed by atoms with van der Waals surface area (Å²) >= 11 is 0. The number of unbranched alkanes of at least 4 members (excludes halogenated alkanes) is 2. The molecular formula is C28H37F4N3O4S. The van der Waals surface area contributed by atoms with E-state index in [1.165, 1.54) is 24.8 Å². The topological polar surface area (TPSA) is 102 Å². The van der Waals surface area contributed by atoms with Gasteiger partial charge in [-0.15, -0.1) is 0 Å². The van der Waals surface area contributed by atoms with E-state index in [1.54, 1.807) is 0 Å². The Labute approximate surface area is 233 Å². The average molecular weight is 588 g/mol. The van der Waals surface area contributed by atoms with E-state index in [0.717, 1.165) is 51.5 Å². The van der Waals surface area contributed by atoms with E-state index < -0.39 is 49.9 Å². The van der Waals surface area contributed by atoms with Gasteiger partial charge in [-0.3, -0.25) is 9.69 Å². The molecule has 0 spiro atoms. The Balaban J connectivity index is 0.000000230. The highest BCUT2D eigenvalue weighted by Crippen LogP contribution is 2.32. The van der Waals surface area contributed by atoms with E-state index in [-0.39, 0.29) is 5.82 Å². The molecule has 0 unspecified atom stereocenters. The third kappa shape index (κ3) is 8.65. The number of halogens is 4. The molecule has 1 aliphatic carbocycles. The quantitative estimate of drug-likeness (QED) is 0.233. The number of hydrogen-bond acceptors (Lipinski definition) is 6. The summed E-state index contributed by atoms with van der Waals surface area (Å²) < 4.78 is 83.5. The number of anilines is 1. The molecule has 1 saturated heterocycles. The Morgan fingerprint density at radius 2 is 1.62 bits per heavy atom. The minimum absolute atomic E-state index is 0.174. The number of rotatable bonds is 10. The molecule has 4 rings (SSSR count). The van der Waals surface area contributed by atoms with Crippen LogP contribution >= 0.6 is 0 Å². The lowest BCUT2D eigenvalue weighted by Crippen LogP contribution is -2.51. The molecule has 1 saturated carbocycles. The van der Waals surface area contributed by atoms with Gasteiger partial charge in [0.05, 0.1) is 4.90 Å². The van der Waals surface area contributed by atoms with Crippen molar-refractivity contribution in [2.45, 2.75) is 74.5 Å². The number of nitrogen functional groups attached to an aromatic ring is 1. The Hall–Kier alpha value is -2.70. The molecular weight excluding hydrogens is 550 g/mol. The summed E-state index contributed by atoms with van der Waals surface area (Å²) in [5.74, 6) is -3.43. The van der Waals surface area contributed by atoms with Gasteiger partial charge >= 0.3 is 0 Å². The van der Waals surface area contributed by atoms with Gasteiger partial charge in [-0.1, -0.05) is 37.8 Å². The van der Waals surface area contributed by atoms with Crippen LogP contribution in [0, 0.1) is 17.5 Å². The number of likely N-dealkylation sites (tertiary alicyclic amines) is 1. The van der Waals surface area contributed by atoms with Crippen molar-refractivity contribution < 1.29 is 35.5 Å². The second kappa shape index (κ2) is 14.3. The molecule has 2 fully saturated rings. The zero-order valence-corrected chi connectivity index (χ0v) is 23.4. The van der Waals surface area contributed by atoms with Crippen LogP contribution in [0.25, 0.3) is 0 Å². The van der Waals surface area contributed by atoms with Crippen LogP contribution < -0.4 is 10.5 Å². The monoisotopic (exact) mass is 587 g/mol. The average Bonchev–Trinajstić information content (AvgIpc) is 2.91. The van der Waals surface area contributed by atoms with Crippen molar-refractivity contribution in [1.82, 2.24) is 9.62 Å². The van der Waals surface area contributed by atoms with Crippen molar-refractivity contribution in [3.8, 4) is 0 Å². The van der Waals surface area contributed by atoms with Crippen LogP contribution in [0.3, 0.4) is 0 Å². The minimum atomic E-state index is -4.43. The Morgan fingerprint density at radius 1 is 1.02 bits per heavy atom. The van der Waals surface area contributed by atoms with Gasteiger partial charge in [0.1, 0.15) is 34.9 Å². The zero-order chi connectivity index (χ0) is 29.3. The number of nitrogens with one attached hydrogen (secondary N) is 1. The number of hydrogen-bond donors (Lipinski definition) is 2. The van der Waals surface area contributed by atoms with Crippen LogP contribution in [0.15, 0.2) is 41.3 Å². The number of carbonyl (C=O) groups excluding carboxylic acids is 1. The van der Waals surface area contributed by atoms with Crippen molar-refractivity contribution in [3.63, 3.8) is 0 Å². The van der Waals surface area contributed by atoms with Crippen LogP contribution in [0.4, 0.5) is 23.2 Å². The van der Waals surface area contributed by atoms with Crippen LogP contribution in [0.2, 0.25) is 0 Å². The maximum Gasteiger partial charge on any atom is 0.265 e. The third-order valence-corrected chi connectivity index (χ3v) is 8.63. The smallest absolute Gasteiger partial charge is 0.265 e. The number of amides is 1. The number of ether oxygens (including phenoxy) is 1. The summed E-state index contributed by atoms with van der Waals surface area (Å²) in [6, 6.07) is 7.84. The molecule has 3 N–H and O–H groups in total. The molecule has 0 bridgehead atoms. The first kappa shape index (κ1) is 31.8. The highest BCUT2D eigenvalue weighted by Gasteiger charge is 2.41. The maximum absolute atomic E-state index is 13.4. The fourth-order valence-corrected chi connectivity index (χ4v) is 5.88. The SMILES string of the molecule is COC1(C(=O)NS(=O)(=O)c2cc(F)c(N)c(F)c2)CCCCC1.Fc1ccc(CCCCCN2CC(F)C2)cc1. The number of methoxy groups -OCH3 is 1. The van der Waals surface area contributed by atoms with E-state index in [0.29, 0.717) is 38.1 Å². The normalized spacial score (nSPS) is 17.4. The van der Waals surface area contributed by atoms with Crippen LogP contribution in [-0.4, -0.2) is 57.7 Å². The number of nitrogens with zero attached hydrogens (tertiary/aromatic N) is 1. The van der Waals surface area contributed by atoms with Crippen LogP contribution in [-0.2, 0) is 26.0 Å². The minimum Gasteiger partial charge on any atom is -0.394 e. The van der Waals surface area contributed by atoms with Crippen LogP contribution in [0.5, 0.6) is 0 Å². The Bertz CT molecular complexity index is 1210. The van der Waals surface area contributed by atoms with Gasteiger partial charge in [-0.25, -0.2) is 30.7 Å². The third-order valence-electron chi connectivity index (χ3n) is 7.32. The lowest BCUT2D eigenvalue weighted by Gasteiger charge is -2.34. The summed E-state index contributed by atoms with van der Waals surface area (Å²) in [6.07, 6.45) is 6.99. The first-order valence-corrected chi connectivity index (χ1v) is 14.9. The molecule has 2 aromatic carbocycles. The summed E-state index contributed by atoms with van der Waals surface area (Å²) in [6.45, 7) is 2.26. The predicted molar refractivity (Wildman–Crippen MR) is 144 cm³/mol. The summed E-state index contributed by atoms with van der Waals surface area (Å²) in [5, 5.41) is 0. The van der Waals surface area contributed by atoms with Crippen molar-refractivity contribution in [2.24, 2.45) is 0 Å². The molecule has 0 aromatic heterocycles. The van der Waals surface area contributed by atoms with Crippen LogP contribution in [0.1, 0.15) is 56.9 Å². The maximum atomic E-state index is 13.4. The number of carbonyl (C=O) groups is 1. The Morgan fingerprint density at radius 3 is 2.17 bits per heavy atom. The van der Waals surface area contributed by atoms with Gasteiger partial charge in [0, 0.05) is 20.2 Å². The fraction of sp³-hybridized carbons (Fsp3) is 0.536. The lowest BCUT2D eigenvalue weighted by atomic mass is 9.84. The van der Waals surface area contributed by atoms with Gasteiger partial charge in [0.2, 0.25) is 0 Å². The van der Waals surface area contributed by atoms with Crippen molar-refractivity contribution in [3.05, 3.63) is 59.4 Å². The standard InChI is InChI=1S/C14H18F2N2O4S.C14H19F2N/c1-22-14(5-3-2-4-6-14)13(19)18-23(20,21)9-7-10(15)12(17)11(16)8-9;15-13-7-5-12(6-8-13)4-2-1-3-9-17-10-14(16)11-17/h7-8H,2-6,17H2,1H3,(H,18,19);5-8,14H,1-4,9-11H2.